The monoisotopic (exact) mass is 515 g/mol. The Morgan fingerprint density at radius 3 is 2.69 bits per heavy atom. The predicted molar refractivity (Wildman–Crippen MR) is 123 cm³/mol. The normalized spacial score (nSPS) is 15.1. The van der Waals surface area contributed by atoms with Gasteiger partial charge in [0.15, 0.2) is 17.5 Å². The van der Waals surface area contributed by atoms with E-state index in [9.17, 15) is 5.11 Å². The van der Waals surface area contributed by atoms with Gasteiger partial charge in [-0.05, 0) is 19.9 Å². The Kier molecular flexibility index (Phi) is 9.02. The summed E-state index contributed by atoms with van der Waals surface area (Å²) < 4.78 is 10.3. The highest BCUT2D eigenvalue weighted by Gasteiger charge is 2.20. The van der Waals surface area contributed by atoms with Crippen molar-refractivity contribution in [3.63, 3.8) is 0 Å². The number of rotatable bonds is 6. The lowest BCUT2D eigenvalue weighted by Gasteiger charge is -2.36. The number of guanidine groups is 1. The Morgan fingerprint density at radius 1 is 1.31 bits per heavy atom. The first-order valence-electron chi connectivity index (χ1n) is 9.63. The van der Waals surface area contributed by atoms with Gasteiger partial charge in [-0.1, -0.05) is 17.3 Å². The van der Waals surface area contributed by atoms with Crippen molar-refractivity contribution in [1.29, 1.82) is 0 Å². The van der Waals surface area contributed by atoms with E-state index in [0.717, 1.165) is 62.2 Å². The second kappa shape index (κ2) is 11.2. The molecule has 2 heterocycles. The summed E-state index contributed by atoms with van der Waals surface area (Å²) in [5.74, 6) is 2.32. The SMILES string of the molecule is CCNC(=NCc1cccc(OC)c1O)N1CCN(Cc2cc(C)on2)CC1.I. The van der Waals surface area contributed by atoms with E-state index in [4.69, 9.17) is 14.3 Å². The van der Waals surface area contributed by atoms with Gasteiger partial charge >= 0.3 is 0 Å². The zero-order valence-corrected chi connectivity index (χ0v) is 19.6. The van der Waals surface area contributed by atoms with Crippen LogP contribution in [0.5, 0.6) is 11.5 Å². The van der Waals surface area contributed by atoms with Gasteiger partial charge in [-0.2, -0.15) is 0 Å². The third-order valence-corrected chi connectivity index (χ3v) is 4.77. The number of nitrogens with zero attached hydrogens (tertiary/aromatic N) is 4. The molecule has 0 aliphatic carbocycles. The van der Waals surface area contributed by atoms with Gasteiger partial charge in [0.2, 0.25) is 0 Å². The molecule has 3 rings (SSSR count). The molecule has 0 bridgehead atoms. The van der Waals surface area contributed by atoms with Crippen LogP contribution in [0.2, 0.25) is 0 Å². The van der Waals surface area contributed by atoms with E-state index in [0.29, 0.717) is 12.3 Å². The number of aromatic hydroxyl groups is 1. The van der Waals surface area contributed by atoms with Crippen LogP contribution in [0, 0.1) is 6.92 Å². The maximum absolute atomic E-state index is 10.3. The first-order valence-corrected chi connectivity index (χ1v) is 9.63. The van der Waals surface area contributed by atoms with Crippen molar-refractivity contribution >= 4 is 29.9 Å². The molecular formula is C20H30IN5O3. The van der Waals surface area contributed by atoms with Crippen LogP contribution in [0.15, 0.2) is 33.8 Å². The average molecular weight is 515 g/mol. The first-order chi connectivity index (χ1) is 13.6. The van der Waals surface area contributed by atoms with Crippen LogP contribution >= 0.6 is 24.0 Å². The number of hydrogen-bond acceptors (Lipinski definition) is 6. The molecule has 1 saturated heterocycles. The van der Waals surface area contributed by atoms with Gasteiger partial charge in [-0.3, -0.25) is 4.90 Å². The standard InChI is InChI=1S/C20H29N5O3.HI/c1-4-21-20(22-13-16-6-5-7-18(27-3)19(16)26)25-10-8-24(9-11-25)14-17-12-15(2)28-23-17;/h5-7,12,26H,4,8-11,13-14H2,1-3H3,(H,21,22);1H. The van der Waals surface area contributed by atoms with Crippen LogP contribution in [0.1, 0.15) is 23.9 Å². The number of hydrogen-bond donors (Lipinski definition) is 2. The van der Waals surface area contributed by atoms with E-state index in [1.165, 1.54) is 0 Å². The Morgan fingerprint density at radius 2 is 2.07 bits per heavy atom. The number of methoxy groups -OCH3 is 1. The van der Waals surface area contributed by atoms with Gasteiger partial charge in [0.05, 0.1) is 19.3 Å². The van der Waals surface area contributed by atoms with Crippen molar-refractivity contribution in [3.8, 4) is 11.5 Å². The quantitative estimate of drug-likeness (QED) is 0.348. The zero-order chi connectivity index (χ0) is 19.9. The molecule has 9 heteroatoms. The number of aliphatic imine (C=N–C) groups is 1. The van der Waals surface area contributed by atoms with Gasteiger partial charge in [0.25, 0.3) is 0 Å². The summed E-state index contributed by atoms with van der Waals surface area (Å²) in [7, 11) is 1.55. The fourth-order valence-corrected chi connectivity index (χ4v) is 3.29. The molecule has 0 radical (unpaired) electrons. The smallest absolute Gasteiger partial charge is 0.194 e. The minimum atomic E-state index is 0. The predicted octanol–water partition coefficient (Wildman–Crippen LogP) is 2.60. The Bertz CT molecular complexity index is 803. The summed E-state index contributed by atoms with van der Waals surface area (Å²) in [6.45, 7) is 9.58. The van der Waals surface area contributed by atoms with Gasteiger partial charge < -0.3 is 24.6 Å². The van der Waals surface area contributed by atoms with Crippen molar-refractivity contribution < 1.29 is 14.4 Å². The molecule has 1 fully saturated rings. The number of nitrogens with one attached hydrogen (secondary N) is 1. The Balaban J connectivity index is 0.00000300. The molecule has 1 aromatic heterocycles. The number of phenolic OH excluding ortho intramolecular Hbond substituents is 1. The van der Waals surface area contributed by atoms with Crippen molar-refractivity contribution in [2.75, 3.05) is 39.8 Å². The lowest BCUT2D eigenvalue weighted by molar-refractivity contribution is 0.169. The average Bonchev–Trinajstić information content (AvgIpc) is 3.11. The van der Waals surface area contributed by atoms with Crippen LogP contribution < -0.4 is 10.1 Å². The molecule has 2 N–H and O–H groups in total. The van der Waals surface area contributed by atoms with E-state index < -0.39 is 0 Å². The highest BCUT2D eigenvalue weighted by Crippen LogP contribution is 2.29. The first kappa shape index (κ1) is 23.3. The Labute approximate surface area is 188 Å². The van der Waals surface area contributed by atoms with E-state index in [1.807, 2.05) is 25.1 Å². The molecule has 0 spiro atoms. The van der Waals surface area contributed by atoms with Crippen molar-refractivity contribution in [3.05, 3.63) is 41.3 Å². The van der Waals surface area contributed by atoms with E-state index in [2.05, 4.69) is 27.2 Å². The van der Waals surface area contributed by atoms with Crippen LogP contribution in [0.3, 0.4) is 0 Å². The Hall–Kier alpha value is -2.01. The van der Waals surface area contributed by atoms with Crippen LogP contribution in [0.4, 0.5) is 0 Å². The number of para-hydroxylation sites is 1. The number of halogens is 1. The number of aromatic nitrogens is 1. The summed E-state index contributed by atoms with van der Waals surface area (Å²) in [6, 6.07) is 7.45. The van der Waals surface area contributed by atoms with Gasteiger partial charge in [0.1, 0.15) is 5.76 Å². The van der Waals surface area contributed by atoms with Crippen molar-refractivity contribution in [1.82, 2.24) is 20.3 Å². The topological polar surface area (TPSA) is 86.4 Å². The number of ether oxygens (including phenoxy) is 1. The molecule has 1 aliphatic heterocycles. The molecule has 0 amide bonds. The molecule has 0 unspecified atom stereocenters. The van der Waals surface area contributed by atoms with Crippen molar-refractivity contribution in [2.24, 2.45) is 4.99 Å². The lowest BCUT2D eigenvalue weighted by atomic mass is 10.2. The summed E-state index contributed by atoms with van der Waals surface area (Å²) in [4.78, 5) is 9.35. The third-order valence-electron chi connectivity index (χ3n) is 4.77. The van der Waals surface area contributed by atoms with Gasteiger partial charge in [0, 0.05) is 50.9 Å². The summed E-state index contributed by atoms with van der Waals surface area (Å²) in [5, 5.41) is 17.7. The third kappa shape index (κ3) is 6.23. The number of phenols is 1. The molecule has 8 nitrogen and oxygen atoms in total. The molecular weight excluding hydrogens is 485 g/mol. The van der Waals surface area contributed by atoms with Crippen LogP contribution in [0.25, 0.3) is 0 Å². The molecule has 0 atom stereocenters. The molecule has 1 aromatic carbocycles. The van der Waals surface area contributed by atoms with E-state index in [1.54, 1.807) is 13.2 Å². The molecule has 2 aromatic rings. The number of piperazine rings is 1. The molecule has 160 valence electrons. The maximum atomic E-state index is 10.3. The highest BCUT2D eigenvalue weighted by molar-refractivity contribution is 14.0. The van der Waals surface area contributed by atoms with Crippen LogP contribution in [-0.4, -0.2) is 65.9 Å². The van der Waals surface area contributed by atoms with E-state index in [-0.39, 0.29) is 29.7 Å². The van der Waals surface area contributed by atoms with Gasteiger partial charge in [-0.15, -0.1) is 24.0 Å². The lowest BCUT2D eigenvalue weighted by Crippen LogP contribution is -2.52. The molecule has 1 aliphatic rings. The fourth-order valence-electron chi connectivity index (χ4n) is 3.29. The fraction of sp³-hybridized carbons (Fsp3) is 0.500. The number of benzene rings is 1. The molecule has 0 saturated carbocycles. The summed E-state index contributed by atoms with van der Waals surface area (Å²) in [5.41, 5.74) is 1.72. The van der Waals surface area contributed by atoms with Crippen molar-refractivity contribution in [2.45, 2.75) is 26.9 Å². The number of aryl methyl sites for hydroxylation is 1. The minimum absolute atomic E-state index is 0. The zero-order valence-electron chi connectivity index (χ0n) is 17.2. The summed E-state index contributed by atoms with van der Waals surface area (Å²) in [6.07, 6.45) is 0. The summed E-state index contributed by atoms with van der Waals surface area (Å²) >= 11 is 0. The van der Waals surface area contributed by atoms with Crippen LogP contribution in [-0.2, 0) is 13.1 Å². The second-order valence-corrected chi connectivity index (χ2v) is 6.83. The van der Waals surface area contributed by atoms with E-state index >= 15 is 0 Å². The minimum Gasteiger partial charge on any atom is -0.504 e. The molecule has 29 heavy (non-hydrogen) atoms. The maximum Gasteiger partial charge on any atom is 0.194 e. The largest absolute Gasteiger partial charge is 0.504 e. The van der Waals surface area contributed by atoms with Gasteiger partial charge in [-0.25, -0.2) is 4.99 Å². The highest BCUT2D eigenvalue weighted by atomic mass is 127. The second-order valence-electron chi connectivity index (χ2n) is 6.83.